The molecule has 0 radical (unpaired) electrons. The molecule has 2 atom stereocenters. The minimum atomic E-state index is 0.154. The first kappa shape index (κ1) is 25.6. The largest absolute Gasteiger partial charge is 0.356 e. The molecule has 0 aliphatic carbocycles. The van der Waals surface area contributed by atoms with Gasteiger partial charge in [-0.15, -0.1) is 0 Å². The molecule has 0 bridgehead atoms. The summed E-state index contributed by atoms with van der Waals surface area (Å²) >= 11 is 0. The molecule has 2 unspecified atom stereocenters. The number of rotatable bonds is 16. The predicted molar refractivity (Wildman–Crippen MR) is 134 cm³/mol. The maximum Gasteiger partial charge on any atom is 0.219 e. The molecule has 0 saturated carbocycles. The summed E-state index contributed by atoms with van der Waals surface area (Å²) in [7, 11) is 8.08. The first-order valence-electron chi connectivity index (χ1n) is 11.3. The van der Waals surface area contributed by atoms with Crippen molar-refractivity contribution in [3.63, 3.8) is 0 Å². The van der Waals surface area contributed by atoms with Crippen molar-refractivity contribution < 1.29 is 9.59 Å². The maximum atomic E-state index is 11.8. The molecular formula is C21H38N2O2S4. The highest BCUT2D eigenvalue weighted by atomic mass is 33.1. The van der Waals surface area contributed by atoms with Crippen LogP contribution in [-0.4, -0.2) is 46.9 Å². The number of nitrogens with one attached hydrogen (secondary N) is 2. The molecule has 8 heteroatoms. The molecule has 2 rings (SSSR count). The Balaban J connectivity index is 1.30. The van der Waals surface area contributed by atoms with Crippen LogP contribution in [0.5, 0.6) is 0 Å². The number of carbonyl (C=O) groups excluding carboxylic acids is 2. The summed E-state index contributed by atoms with van der Waals surface area (Å²) in [6.45, 7) is 1.32. The van der Waals surface area contributed by atoms with Gasteiger partial charge >= 0.3 is 0 Å². The molecule has 2 fully saturated rings. The molecule has 2 heterocycles. The van der Waals surface area contributed by atoms with E-state index in [1.54, 1.807) is 0 Å². The van der Waals surface area contributed by atoms with Gasteiger partial charge < -0.3 is 10.6 Å². The SMILES string of the molecule is O=C(CCCCCC1CCSS1)NCCCNC(=O)CCCCCC1CCSS1. The van der Waals surface area contributed by atoms with Gasteiger partial charge in [0, 0.05) is 47.9 Å². The third-order valence-corrected chi connectivity index (χ3v) is 11.3. The van der Waals surface area contributed by atoms with Gasteiger partial charge in [-0.2, -0.15) is 0 Å². The second-order valence-corrected chi connectivity index (χ2v) is 13.5. The monoisotopic (exact) mass is 478 g/mol. The number of hydrogen-bond acceptors (Lipinski definition) is 6. The van der Waals surface area contributed by atoms with Crippen LogP contribution < -0.4 is 10.6 Å². The minimum Gasteiger partial charge on any atom is -0.356 e. The summed E-state index contributed by atoms with van der Waals surface area (Å²) in [5, 5.41) is 7.64. The molecule has 2 saturated heterocycles. The van der Waals surface area contributed by atoms with Crippen LogP contribution in [0.2, 0.25) is 0 Å². The van der Waals surface area contributed by atoms with Crippen LogP contribution in [0.25, 0.3) is 0 Å². The van der Waals surface area contributed by atoms with Crippen LogP contribution >= 0.6 is 43.2 Å². The Kier molecular flexibility index (Phi) is 15.0. The fourth-order valence-corrected chi connectivity index (χ4v) is 9.57. The van der Waals surface area contributed by atoms with Gasteiger partial charge in [-0.25, -0.2) is 0 Å². The van der Waals surface area contributed by atoms with Crippen LogP contribution in [0, 0.1) is 0 Å². The van der Waals surface area contributed by atoms with Crippen LogP contribution in [0.4, 0.5) is 0 Å². The van der Waals surface area contributed by atoms with Gasteiger partial charge in [-0.3, -0.25) is 9.59 Å². The summed E-state index contributed by atoms with van der Waals surface area (Å²) in [5.74, 6) is 2.91. The lowest BCUT2D eigenvalue weighted by Gasteiger charge is -2.08. The Morgan fingerprint density at radius 1 is 0.655 bits per heavy atom. The van der Waals surface area contributed by atoms with E-state index in [9.17, 15) is 9.59 Å². The molecule has 4 nitrogen and oxygen atoms in total. The van der Waals surface area contributed by atoms with Crippen molar-refractivity contribution in [1.82, 2.24) is 10.6 Å². The summed E-state index contributed by atoms with van der Waals surface area (Å²) in [5.41, 5.74) is 0. The average molecular weight is 479 g/mol. The lowest BCUT2D eigenvalue weighted by Crippen LogP contribution is -2.29. The number of hydrogen-bond donors (Lipinski definition) is 2. The quantitative estimate of drug-likeness (QED) is 0.215. The van der Waals surface area contributed by atoms with Crippen LogP contribution in [0.15, 0.2) is 0 Å². The third kappa shape index (κ3) is 13.4. The Hall–Kier alpha value is 0.340. The third-order valence-electron chi connectivity index (χ3n) is 5.31. The Morgan fingerprint density at radius 3 is 1.55 bits per heavy atom. The van der Waals surface area contributed by atoms with E-state index in [0.717, 1.165) is 42.6 Å². The van der Waals surface area contributed by atoms with Crippen LogP contribution in [0.1, 0.15) is 83.5 Å². The van der Waals surface area contributed by atoms with Gasteiger partial charge in [0.05, 0.1) is 0 Å². The maximum absolute atomic E-state index is 11.8. The molecule has 168 valence electrons. The van der Waals surface area contributed by atoms with Crippen molar-refractivity contribution in [1.29, 1.82) is 0 Å². The van der Waals surface area contributed by atoms with Gasteiger partial charge in [0.2, 0.25) is 11.8 Å². The van der Waals surface area contributed by atoms with Gasteiger partial charge in [-0.05, 0) is 44.9 Å². The minimum absolute atomic E-state index is 0.154. The number of carbonyl (C=O) groups is 2. The van der Waals surface area contributed by atoms with E-state index in [0.29, 0.717) is 25.9 Å². The van der Waals surface area contributed by atoms with E-state index < -0.39 is 0 Å². The van der Waals surface area contributed by atoms with Crippen molar-refractivity contribution in [2.24, 2.45) is 0 Å². The number of unbranched alkanes of at least 4 members (excludes halogenated alkanes) is 4. The second kappa shape index (κ2) is 17.0. The summed E-state index contributed by atoms with van der Waals surface area (Å²) < 4.78 is 0. The van der Waals surface area contributed by atoms with E-state index in [1.807, 2.05) is 43.2 Å². The van der Waals surface area contributed by atoms with Crippen LogP contribution in [0.3, 0.4) is 0 Å². The molecule has 0 aromatic carbocycles. The summed E-state index contributed by atoms with van der Waals surface area (Å²) in [4.78, 5) is 23.7. The topological polar surface area (TPSA) is 58.2 Å². The lowest BCUT2D eigenvalue weighted by atomic mass is 10.1. The Labute approximate surface area is 193 Å². The average Bonchev–Trinajstić information content (AvgIpc) is 3.41. The Bertz CT molecular complexity index is 416. The second-order valence-electron chi connectivity index (χ2n) is 7.91. The molecule has 0 spiro atoms. The molecule has 0 aromatic rings. The fourth-order valence-electron chi connectivity index (χ4n) is 3.52. The highest BCUT2D eigenvalue weighted by Crippen LogP contribution is 2.40. The molecular weight excluding hydrogens is 441 g/mol. The van der Waals surface area contributed by atoms with Crippen molar-refractivity contribution in [2.45, 2.75) is 94.0 Å². The smallest absolute Gasteiger partial charge is 0.219 e. The Morgan fingerprint density at radius 2 is 1.14 bits per heavy atom. The van der Waals surface area contributed by atoms with Crippen molar-refractivity contribution in [3.05, 3.63) is 0 Å². The summed E-state index contributed by atoms with van der Waals surface area (Å²) in [6.07, 6.45) is 14.2. The van der Waals surface area contributed by atoms with Gasteiger partial charge in [0.1, 0.15) is 0 Å². The summed E-state index contributed by atoms with van der Waals surface area (Å²) in [6, 6.07) is 0. The zero-order valence-electron chi connectivity index (χ0n) is 17.6. The first-order valence-corrected chi connectivity index (χ1v) is 16.1. The van der Waals surface area contributed by atoms with Gasteiger partial charge in [0.25, 0.3) is 0 Å². The standard InChI is InChI=1S/C21H38N2O2S4/c24-20(10-5-1-3-8-18-12-16-26-28-18)22-14-7-15-23-21(25)11-6-2-4-9-19-13-17-27-29-19/h18-19H,1-17H2,(H,22,24)(H,23,25). The van der Waals surface area contributed by atoms with Gasteiger partial charge in [0.15, 0.2) is 0 Å². The molecule has 29 heavy (non-hydrogen) atoms. The first-order chi connectivity index (χ1) is 14.2. The van der Waals surface area contributed by atoms with E-state index in [4.69, 9.17) is 0 Å². The normalized spacial score (nSPS) is 21.4. The predicted octanol–water partition coefficient (Wildman–Crippen LogP) is 5.82. The van der Waals surface area contributed by atoms with Crippen molar-refractivity contribution >= 4 is 55.0 Å². The molecule has 2 aliphatic heterocycles. The van der Waals surface area contributed by atoms with E-state index in [1.165, 1.54) is 50.0 Å². The molecule has 0 aromatic heterocycles. The zero-order valence-corrected chi connectivity index (χ0v) is 20.9. The fraction of sp³-hybridized carbons (Fsp3) is 0.905. The lowest BCUT2D eigenvalue weighted by molar-refractivity contribution is -0.121. The zero-order chi connectivity index (χ0) is 20.6. The van der Waals surface area contributed by atoms with Crippen LogP contribution in [-0.2, 0) is 9.59 Å². The van der Waals surface area contributed by atoms with Gasteiger partial charge in [-0.1, -0.05) is 68.9 Å². The molecule has 2 aliphatic rings. The van der Waals surface area contributed by atoms with Crippen molar-refractivity contribution in [3.8, 4) is 0 Å². The highest BCUT2D eigenvalue weighted by Gasteiger charge is 2.16. The number of amides is 2. The molecule has 2 N–H and O–H groups in total. The van der Waals surface area contributed by atoms with Crippen molar-refractivity contribution in [2.75, 3.05) is 24.6 Å². The highest BCUT2D eigenvalue weighted by molar-refractivity contribution is 8.77. The van der Waals surface area contributed by atoms with E-state index in [2.05, 4.69) is 10.6 Å². The van der Waals surface area contributed by atoms with E-state index >= 15 is 0 Å². The molecule has 2 amide bonds. The van der Waals surface area contributed by atoms with E-state index in [-0.39, 0.29) is 11.8 Å².